The second kappa shape index (κ2) is 5.40. The molecule has 0 saturated carbocycles. The van der Waals surface area contributed by atoms with Gasteiger partial charge in [0.05, 0.1) is 16.4 Å². The van der Waals surface area contributed by atoms with Gasteiger partial charge in [-0.3, -0.25) is 4.57 Å². The van der Waals surface area contributed by atoms with Crippen molar-refractivity contribution in [2.45, 2.75) is 12.8 Å². The van der Waals surface area contributed by atoms with E-state index in [-0.39, 0.29) is 0 Å². The fraction of sp³-hybridized carbons (Fsp3) is 0.133. The number of nitrogens with zero attached hydrogens (tertiary/aromatic N) is 2. The zero-order valence-corrected chi connectivity index (χ0v) is 13.8. The Labute approximate surface area is 135 Å². The first-order valence-corrected chi connectivity index (χ1v) is 7.80. The summed E-state index contributed by atoms with van der Waals surface area (Å²) >= 11 is 15.8. The number of hydrogen-bond acceptors (Lipinski definition) is 1. The van der Waals surface area contributed by atoms with Crippen LogP contribution in [0.1, 0.15) is 11.4 Å². The van der Waals surface area contributed by atoms with Crippen molar-refractivity contribution in [3.8, 4) is 5.69 Å². The van der Waals surface area contributed by atoms with Gasteiger partial charge < -0.3 is 0 Å². The molecule has 0 fully saturated rings. The number of halogens is 3. The standard InChI is InChI=1S/C15H11BrCl2N2/c1-9-5-6-10(7-11(9)16)20-13-4-2-3-12(18)15(13)19-14(20)8-17/h2-7H,8H2,1H3. The maximum Gasteiger partial charge on any atom is 0.129 e. The molecule has 0 aliphatic heterocycles. The first kappa shape index (κ1) is 13.9. The summed E-state index contributed by atoms with van der Waals surface area (Å²) in [6.45, 7) is 2.05. The predicted molar refractivity (Wildman–Crippen MR) is 88.1 cm³/mol. The third-order valence-corrected chi connectivity index (χ3v) is 4.64. The van der Waals surface area contributed by atoms with Crippen LogP contribution < -0.4 is 0 Å². The fourth-order valence-electron chi connectivity index (χ4n) is 2.21. The second-order valence-corrected chi connectivity index (χ2v) is 6.07. The summed E-state index contributed by atoms with van der Waals surface area (Å²) in [5, 5.41) is 0.638. The highest BCUT2D eigenvalue weighted by Crippen LogP contribution is 2.29. The first-order chi connectivity index (χ1) is 9.61. The first-order valence-electron chi connectivity index (χ1n) is 6.10. The molecule has 20 heavy (non-hydrogen) atoms. The average molecular weight is 370 g/mol. The van der Waals surface area contributed by atoms with Gasteiger partial charge in [-0.2, -0.15) is 0 Å². The van der Waals surface area contributed by atoms with E-state index in [0.717, 1.165) is 27.0 Å². The average Bonchev–Trinajstić information content (AvgIpc) is 2.82. The minimum absolute atomic E-state index is 0.330. The van der Waals surface area contributed by atoms with Gasteiger partial charge in [-0.25, -0.2) is 4.98 Å². The van der Waals surface area contributed by atoms with Crippen molar-refractivity contribution in [3.05, 3.63) is 57.3 Å². The number of fused-ring (bicyclic) bond motifs is 1. The molecule has 0 aliphatic rings. The Morgan fingerprint density at radius 1 is 1.25 bits per heavy atom. The number of rotatable bonds is 2. The molecule has 0 amide bonds. The van der Waals surface area contributed by atoms with E-state index in [4.69, 9.17) is 23.2 Å². The van der Waals surface area contributed by atoms with Crippen molar-refractivity contribution >= 4 is 50.2 Å². The molecule has 0 saturated heterocycles. The highest BCUT2D eigenvalue weighted by atomic mass is 79.9. The molecule has 2 nitrogen and oxygen atoms in total. The van der Waals surface area contributed by atoms with Gasteiger partial charge in [-0.15, -0.1) is 11.6 Å². The number of para-hydroxylation sites is 1. The lowest BCUT2D eigenvalue weighted by Crippen LogP contribution is -1.99. The van der Waals surface area contributed by atoms with Crippen LogP contribution >= 0.6 is 39.1 Å². The van der Waals surface area contributed by atoms with E-state index in [1.54, 1.807) is 0 Å². The van der Waals surface area contributed by atoms with E-state index >= 15 is 0 Å². The molecule has 1 aromatic heterocycles. The molecule has 102 valence electrons. The molecule has 0 atom stereocenters. The number of aryl methyl sites for hydroxylation is 1. The summed E-state index contributed by atoms with van der Waals surface area (Å²) < 4.78 is 3.10. The van der Waals surface area contributed by atoms with Crippen molar-refractivity contribution in [3.63, 3.8) is 0 Å². The van der Waals surface area contributed by atoms with Crippen LogP contribution in [0.15, 0.2) is 40.9 Å². The van der Waals surface area contributed by atoms with Crippen LogP contribution in [-0.2, 0) is 5.88 Å². The van der Waals surface area contributed by atoms with Crippen molar-refractivity contribution in [2.24, 2.45) is 0 Å². The van der Waals surface area contributed by atoms with Crippen LogP contribution in [0.25, 0.3) is 16.7 Å². The lowest BCUT2D eigenvalue weighted by atomic mass is 10.2. The molecule has 0 aliphatic carbocycles. The normalized spacial score (nSPS) is 11.2. The molecule has 0 radical (unpaired) electrons. The van der Waals surface area contributed by atoms with E-state index in [1.807, 2.05) is 22.8 Å². The largest absolute Gasteiger partial charge is 0.295 e. The highest BCUT2D eigenvalue weighted by molar-refractivity contribution is 9.10. The monoisotopic (exact) mass is 368 g/mol. The minimum Gasteiger partial charge on any atom is -0.295 e. The van der Waals surface area contributed by atoms with Crippen molar-refractivity contribution in [1.82, 2.24) is 9.55 Å². The topological polar surface area (TPSA) is 17.8 Å². The summed E-state index contributed by atoms with van der Waals surface area (Å²) in [6, 6.07) is 11.9. The van der Waals surface area contributed by atoms with Crippen LogP contribution in [0.2, 0.25) is 5.02 Å². The second-order valence-electron chi connectivity index (χ2n) is 4.54. The lowest BCUT2D eigenvalue weighted by molar-refractivity contribution is 0.980. The fourth-order valence-corrected chi connectivity index (χ4v) is 2.97. The van der Waals surface area contributed by atoms with Crippen LogP contribution in [0.3, 0.4) is 0 Å². The third kappa shape index (κ3) is 2.24. The number of alkyl halides is 1. The smallest absolute Gasteiger partial charge is 0.129 e. The van der Waals surface area contributed by atoms with Gasteiger partial charge >= 0.3 is 0 Å². The molecule has 3 aromatic rings. The molecule has 5 heteroatoms. The van der Waals surface area contributed by atoms with Crippen molar-refractivity contribution in [2.75, 3.05) is 0 Å². The minimum atomic E-state index is 0.330. The molecule has 2 aromatic carbocycles. The Morgan fingerprint density at radius 3 is 2.75 bits per heavy atom. The number of aromatic nitrogens is 2. The van der Waals surface area contributed by atoms with Gasteiger partial charge in [0, 0.05) is 10.2 Å². The molecule has 0 N–H and O–H groups in total. The maximum atomic E-state index is 6.22. The summed E-state index contributed by atoms with van der Waals surface area (Å²) in [5.74, 6) is 1.11. The predicted octanol–water partition coefficient (Wildman–Crippen LogP) is 5.49. The molecule has 1 heterocycles. The highest BCUT2D eigenvalue weighted by Gasteiger charge is 2.14. The Bertz CT molecular complexity index is 796. The number of benzene rings is 2. The molecular formula is C15H11BrCl2N2. The van der Waals surface area contributed by atoms with Gasteiger partial charge in [-0.1, -0.05) is 39.7 Å². The molecular weight excluding hydrogens is 359 g/mol. The molecule has 0 spiro atoms. The number of imidazole rings is 1. The van der Waals surface area contributed by atoms with Crippen LogP contribution in [-0.4, -0.2) is 9.55 Å². The summed E-state index contributed by atoms with van der Waals surface area (Å²) in [5.41, 5.74) is 3.94. The zero-order valence-electron chi connectivity index (χ0n) is 10.7. The molecule has 0 bridgehead atoms. The maximum absolute atomic E-state index is 6.22. The van der Waals surface area contributed by atoms with E-state index in [9.17, 15) is 0 Å². The van der Waals surface area contributed by atoms with E-state index < -0.39 is 0 Å². The van der Waals surface area contributed by atoms with E-state index in [1.165, 1.54) is 5.56 Å². The van der Waals surface area contributed by atoms with Crippen LogP contribution in [0, 0.1) is 6.92 Å². The third-order valence-electron chi connectivity index (χ3n) is 3.24. The summed E-state index contributed by atoms with van der Waals surface area (Å²) in [6.07, 6.45) is 0. The lowest BCUT2D eigenvalue weighted by Gasteiger charge is -2.09. The van der Waals surface area contributed by atoms with Crippen LogP contribution in [0.4, 0.5) is 0 Å². The molecule has 3 rings (SSSR count). The van der Waals surface area contributed by atoms with Gasteiger partial charge in [0.2, 0.25) is 0 Å². The van der Waals surface area contributed by atoms with Crippen molar-refractivity contribution < 1.29 is 0 Å². The SMILES string of the molecule is Cc1ccc(-n2c(CCl)nc3c(Cl)cccc32)cc1Br. The van der Waals surface area contributed by atoms with Gasteiger partial charge in [0.1, 0.15) is 11.3 Å². The Kier molecular flexibility index (Phi) is 3.76. The van der Waals surface area contributed by atoms with Crippen LogP contribution in [0.5, 0.6) is 0 Å². The Morgan fingerprint density at radius 2 is 2.05 bits per heavy atom. The van der Waals surface area contributed by atoms with E-state index in [2.05, 4.69) is 46.0 Å². The van der Waals surface area contributed by atoms with Gasteiger partial charge in [-0.05, 0) is 36.8 Å². The summed E-state index contributed by atoms with van der Waals surface area (Å²) in [7, 11) is 0. The Hall–Kier alpha value is -1.03. The quantitative estimate of drug-likeness (QED) is 0.546. The van der Waals surface area contributed by atoms with Gasteiger partial charge in [0.25, 0.3) is 0 Å². The number of hydrogen-bond donors (Lipinski definition) is 0. The summed E-state index contributed by atoms with van der Waals surface area (Å²) in [4.78, 5) is 4.54. The zero-order chi connectivity index (χ0) is 14.3. The molecule has 0 unspecified atom stereocenters. The van der Waals surface area contributed by atoms with Crippen molar-refractivity contribution in [1.29, 1.82) is 0 Å². The Balaban J connectivity index is 2.34. The van der Waals surface area contributed by atoms with Gasteiger partial charge in [0.15, 0.2) is 0 Å². The van der Waals surface area contributed by atoms with E-state index in [0.29, 0.717) is 10.9 Å².